The predicted molar refractivity (Wildman–Crippen MR) is 82.5 cm³/mol. The second-order valence-corrected chi connectivity index (χ2v) is 4.89. The first-order valence-electron chi connectivity index (χ1n) is 7.10. The molecule has 1 heterocycles. The van der Waals surface area contributed by atoms with Crippen LogP contribution in [0.2, 0.25) is 0 Å². The van der Waals surface area contributed by atoms with Crippen molar-refractivity contribution in [2.45, 2.75) is 12.8 Å². The van der Waals surface area contributed by atoms with Crippen molar-refractivity contribution in [1.82, 2.24) is 4.98 Å². The number of aryl methyl sites for hydroxylation is 1. The number of ether oxygens (including phenoxy) is 2. The standard InChI is InChI=1S/C17H17NO4/c1-20-13-5-7-14(8-6-13)21-10-2-3-17-18-15-11-12(19)4-9-16(15)22-17/h4-9,11,19H,2-3,10H2,1H3. The summed E-state index contributed by atoms with van der Waals surface area (Å²) in [6, 6.07) is 12.4. The lowest BCUT2D eigenvalue weighted by molar-refractivity contribution is 0.305. The average Bonchev–Trinajstić information content (AvgIpc) is 2.94. The van der Waals surface area contributed by atoms with Crippen molar-refractivity contribution < 1.29 is 19.0 Å². The molecule has 1 N–H and O–H groups in total. The summed E-state index contributed by atoms with van der Waals surface area (Å²) < 4.78 is 16.4. The summed E-state index contributed by atoms with van der Waals surface area (Å²) in [5, 5.41) is 9.41. The van der Waals surface area contributed by atoms with Gasteiger partial charge in [0.2, 0.25) is 0 Å². The summed E-state index contributed by atoms with van der Waals surface area (Å²) in [6.45, 7) is 0.580. The topological polar surface area (TPSA) is 64.7 Å². The van der Waals surface area contributed by atoms with Crippen LogP contribution in [0.5, 0.6) is 17.2 Å². The molecule has 0 aliphatic heterocycles. The summed E-state index contributed by atoms with van der Waals surface area (Å²) in [5.41, 5.74) is 1.36. The monoisotopic (exact) mass is 299 g/mol. The van der Waals surface area contributed by atoms with E-state index in [0.717, 1.165) is 17.9 Å². The first-order chi connectivity index (χ1) is 10.7. The van der Waals surface area contributed by atoms with Crippen LogP contribution in [0.15, 0.2) is 46.9 Å². The normalized spacial score (nSPS) is 10.8. The van der Waals surface area contributed by atoms with Crippen molar-refractivity contribution in [3.8, 4) is 17.2 Å². The van der Waals surface area contributed by atoms with E-state index in [-0.39, 0.29) is 5.75 Å². The van der Waals surface area contributed by atoms with Crippen molar-refractivity contribution in [2.75, 3.05) is 13.7 Å². The molecule has 0 spiro atoms. The van der Waals surface area contributed by atoms with Crippen LogP contribution in [-0.2, 0) is 6.42 Å². The molecule has 2 aromatic carbocycles. The van der Waals surface area contributed by atoms with Gasteiger partial charge in [0, 0.05) is 12.5 Å². The van der Waals surface area contributed by atoms with Gasteiger partial charge in [0.05, 0.1) is 13.7 Å². The smallest absolute Gasteiger partial charge is 0.195 e. The molecule has 0 saturated heterocycles. The third-order valence-corrected chi connectivity index (χ3v) is 3.28. The van der Waals surface area contributed by atoms with Crippen LogP contribution in [0.4, 0.5) is 0 Å². The molecule has 22 heavy (non-hydrogen) atoms. The molecule has 3 rings (SSSR count). The van der Waals surface area contributed by atoms with Gasteiger partial charge in [-0.3, -0.25) is 0 Å². The molecule has 0 radical (unpaired) electrons. The highest BCUT2D eigenvalue weighted by atomic mass is 16.5. The third-order valence-electron chi connectivity index (χ3n) is 3.28. The van der Waals surface area contributed by atoms with Gasteiger partial charge in [-0.15, -0.1) is 0 Å². The van der Waals surface area contributed by atoms with E-state index in [9.17, 15) is 5.11 Å². The summed E-state index contributed by atoms with van der Waals surface area (Å²) in [4.78, 5) is 4.34. The van der Waals surface area contributed by atoms with Crippen LogP contribution < -0.4 is 9.47 Å². The zero-order chi connectivity index (χ0) is 15.4. The number of oxazole rings is 1. The molecule has 0 aliphatic rings. The zero-order valence-electron chi connectivity index (χ0n) is 12.3. The molecule has 3 aromatic rings. The van der Waals surface area contributed by atoms with E-state index in [1.54, 1.807) is 25.3 Å². The number of benzene rings is 2. The van der Waals surface area contributed by atoms with E-state index in [1.165, 1.54) is 0 Å². The van der Waals surface area contributed by atoms with Crippen molar-refractivity contribution in [3.05, 3.63) is 48.4 Å². The van der Waals surface area contributed by atoms with E-state index >= 15 is 0 Å². The van der Waals surface area contributed by atoms with Gasteiger partial charge >= 0.3 is 0 Å². The average molecular weight is 299 g/mol. The highest BCUT2D eigenvalue weighted by molar-refractivity contribution is 5.74. The van der Waals surface area contributed by atoms with Crippen LogP contribution in [0.25, 0.3) is 11.1 Å². The third kappa shape index (κ3) is 3.31. The second kappa shape index (κ2) is 6.39. The molecule has 0 aliphatic carbocycles. The van der Waals surface area contributed by atoms with Gasteiger partial charge in [-0.2, -0.15) is 0 Å². The molecule has 0 saturated carbocycles. The van der Waals surface area contributed by atoms with Crippen LogP contribution >= 0.6 is 0 Å². The molecular weight excluding hydrogens is 282 g/mol. The van der Waals surface area contributed by atoms with Crippen LogP contribution in [-0.4, -0.2) is 23.8 Å². The quantitative estimate of drug-likeness (QED) is 0.705. The minimum absolute atomic E-state index is 0.190. The van der Waals surface area contributed by atoms with Gasteiger partial charge in [-0.05, 0) is 42.8 Å². The molecule has 0 amide bonds. The number of methoxy groups -OCH3 is 1. The number of aromatic nitrogens is 1. The Hall–Kier alpha value is -2.69. The lowest BCUT2D eigenvalue weighted by Gasteiger charge is -2.06. The first-order valence-corrected chi connectivity index (χ1v) is 7.10. The zero-order valence-corrected chi connectivity index (χ0v) is 12.3. The summed E-state index contributed by atoms with van der Waals surface area (Å²) >= 11 is 0. The van der Waals surface area contributed by atoms with Gasteiger partial charge in [0.1, 0.15) is 22.8 Å². The van der Waals surface area contributed by atoms with Crippen LogP contribution in [0.3, 0.4) is 0 Å². The molecule has 114 valence electrons. The minimum Gasteiger partial charge on any atom is -0.508 e. The summed E-state index contributed by atoms with van der Waals surface area (Å²) in [5.74, 6) is 2.46. The maximum absolute atomic E-state index is 9.41. The second-order valence-electron chi connectivity index (χ2n) is 4.89. The molecule has 5 nitrogen and oxygen atoms in total. The van der Waals surface area contributed by atoms with Gasteiger partial charge in [-0.1, -0.05) is 0 Å². The molecule has 0 fully saturated rings. The Bertz CT molecular complexity index is 749. The Morgan fingerprint density at radius 1 is 1.09 bits per heavy atom. The van der Waals surface area contributed by atoms with E-state index < -0.39 is 0 Å². The van der Waals surface area contributed by atoms with Crippen LogP contribution in [0.1, 0.15) is 12.3 Å². The predicted octanol–water partition coefficient (Wildman–Crippen LogP) is 3.55. The number of aromatic hydroxyl groups is 1. The van der Waals surface area contributed by atoms with Crippen molar-refractivity contribution in [3.63, 3.8) is 0 Å². The lowest BCUT2D eigenvalue weighted by atomic mass is 10.3. The molecular formula is C17H17NO4. The Balaban J connectivity index is 1.51. The number of hydrogen-bond donors (Lipinski definition) is 1. The molecule has 0 bridgehead atoms. The minimum atomic E-state index is 0.190. The largest absolute Gasteiger partial charge is 0.508 e. The number of nitrogens with zero attached hydrogens (tertiary/aromatic N) is 1. The Morgan fingerprint density at radius 3 is 2.64 bits per heavy atom. The fraction of sp³-hybridized carbons (Fsp3) is 0.235. The van der Waals surface area contributed by atoms with Crippen molar-refractivity contribution >= 4 is 11.1 Å². The van der Waals surface area contributed by atoms with Gasteiger partial charge in [-0.25, -0.2) is 4.98 Å². The summed E-state index contributed by atoms with van der Waals surface area (Å²) in [6.07, 6.45) is 1.48. The lowest BCUT2D eigenvalue weighted by Crippen LogP contribution is -1.99. The molecule has 5 heteroatoms. The van der Waals surface area contributed by atoms with E-state index in [0.29, 0.717) is 30.0 Å². The maximum Gasteiger partial charge on any atom is 0.195 e. The van der Waals surface area contributed by atoms with E-state index in [1.807, 2.05) is 24.3 Å². The fourth-order valence-corrected chi connectivity index (χ4v) is 2.16. The number of fused-ring (bicyclic) bond motifs is 1. The van der Waals surface area contributed by atoms with Crippen molar-refractivity contribution in [1.29, 1.82) is 0 Å². The van der Waals surface area contributed by atoms with Crippen molar-refractivity contribution in [2.24, 2.45) is 0 Å². The fourth-order valence-electron chi connectivity index (χ4n) is 2.16. The Morgan fingerprint density at radius 2 is 1.86 bits per heavy atom. The number of phenolic OH excluding ortho intramolecular Hbond substituents is 1. The summed E-state index contributed by atoms with van der Waals surface area (Å²) in [7, 11) is 1.63. The Kier molecular flexibility index (Phi) is 4.14. The van der Waals surface area contributed by atoms with E-state index in [4.69, 9.17) is 13.9 Å². The van der Waals surface area contributed by atoms with Crippen LogP contribution in [0, 0.1) is 0 Å². The maximum atomic E-state index is 9.41. The Labute approximate surface area is 128 Å². The molecule has 0 unspecified atom stereocenters. The molecule has 0 atom stereocenters. The first kappa shape index (κ1) is 14.3. The SMILES string of the molecule is COc1ccc(OCCCc2nc3cc(O)ccc3o2)cc1. The van der Waals surface area contributed by atoms with Gasteiger partial charge < -0.3 is 19.0 Å². The highest BCUT2D eigenvalue weighted by Gasteiger charge is 2.06. The van der Waals surface area contributed by atoms with E-state index in [2.05, 4.69) is 4.98 Å². The number of hydrogen-bond acceptors (Lipinski definition) is 5. The molecule has 1 aromatic heterocycles. The number of phenols is 1. The number of rotatable bonds is 6. The highest BCUT2D eigenvalue weighted by Crippen LogP contribution is 2.21. The van der Waals surface area contributed by atoms with Gasteiger partial charge in [0.25, 0.3) is 0 Å². The van der Waals surface area contributed by atoms with Gasteiger partial charge in [0.15, 0.2) is 11.5 Å².